The number of carbonyl (C=O) groups is 3. The third-order valence-electron chi connectivity index (χ3n) is 4.58. The first-order valence-electron chi connectivity index (χ1n) is 9.11. The van der Waals surface area contributed by atoms with Crippen molar-refractivity contribution in [1.29, 1.82) is 0 Å². The molecule has 0 bridgehead atoms. The monoisotopic (exact) mass is 398 g/mol. The lowest BCUT2D eigenvalue weighted by molar-refractivity contribution is -0.125. The molecule has 148 valence electrons. The minimum absolute atomic E-state index is 0.0365. The molecule has 1 aromatic rings. The number of hydrogen-bond acceptors (Lipinski definition) is 4. The van der Waals surface area contributed by atoms with E-state index in [1.54, 1.807) is 12.1 Å². The van der Waals surface area contributed by atoms with Gasteiger partial charge in [-0.15, -0.1) is 11.3 Å². The van der Waals surface area contributed by atoms with E-state index in [1.807, 2.05) is 5.38 Å². The molecule has 2 rings (SSSR count). The Hall–Kier alpha value is -2.09. The number of rotatable bonds is 9. The number of thiophene rings is 1. The van der Waals surface area contributed by atoms with Crippen LogP contribution in [0.3, 0.4) is 0 Å². The van der Waals surface area contributed by atoms with Crippen LogP contribution in [0.2, 0.25) is 0 Å². The Morgan fingerprint density at radius 1 is 1.07 bits per heavy atom. The number of amides is 2. The minimum Gasteiger partial charge on any atom is -0.356 e. The Kier molecular flexibility index (Phi) is 8.57. The second kappa shape index (κ2) is 10.9. The maximum atomic E-state index is 12.5. The molecule has 0 saturated heterocycles. The molecule has 0 aromatic carbocycles. The highest BCUT2D eigenvalue weighted by Gasteiger charge is 2.24. The molecule has 27 heavy (non-hydrogen) atoms. The first kappa shape index (κ1) is 21.2. The van der Waals surface area contributed by atoms with Crippen LogP contribution < -0.4 is 10.6 Å². The van der Waals surface area contributed by atoms with Crippen LogP contribution in [0.15, 0.2) is 29.2 Å². The van der Waals surface area contributed by atoms with Gasteiger partial charge in [-0.1, -0.05) is 6.07 Å². The van der Waals surface area contributed by atoms with E-state index >= 15 is 0 Å². The Morgan fingerprint density at radius 3 is 2.41 bits per heavy atom. The molecule has 1 aromatic heterocycles. The van der Waals surface area contributed by atoms with Crippen molar-refractivity contribution in [2.75, 3.05) is 13.1 Å². The van der Waals surface area contributed by atoms with Gasteiger partial charge in [-0.3, -0.25) is 14.4 Å². The maximum Gasteiger partial charge on any atom is 0.269 e. The van der Waals surface area contributed by atoms with Gasteiger partial charge in [0, 0.05) is 31.8 Å². The van der Waals surface area contributed by atoms with Crippen molar-refractivity contribution in [1.82, 2.24) is 10.6 Å². The van der Waals surface area contributed by atoms with E-state index < -0.39 is 6.08 Å². The van der Waals surface area contributed by atoms with E-state index in [9.17, 15) is 23.2 Å². The molecule has 0 unspecified atom stereocenters. The van der Waals surface area contributed by atoms with E-state index in [4.69, 9.17) is 0 Å². The number of nitrogens with one attached hydrogen (secondary N) is 2. The summed E-state index contributed by atoms with van der Waals surface area (Å²) in [4.78, 5) is 36.2. The first-order valence-corrected chi connectivity index (χ1v) is 9.99. The van der Waals surface area contributed by atoms with Gasteiger partial charge in [0.25, 0.3) is 6.08 Å². The molecule has 2 N–H and O–H groups in total. The summed E-state index contributed by atoms with van der Waals surface area (Å²) in [5.41, 5.74) is 0.166. The Labute approximate surface area is 161 Å². The molecule has 1 aliphatic carbocycles. The fourth-order valence-corrected chi connectivity index (χ4v) is 3.66. The first-order chi connectivity index (χ1) is 13.0. The number of hydrogen-bond donors (Lipinski definition) is 2. The van der Waals surface area contributed by atoms with Crippen LogP contribution >= 0.6 is 11.3 Å². The van der Waals surface area contributed by atoms with Gasteiger partial charge in [0.1, 0.15) is 0 Å². The van der Waals surface area contributed by atoms with Gasteiger partial charge in [-0.2, -0.15) is 8.78 Å². The molecule has 2 amide bonds. The normalized spacial score (nSPS) is 16.7. The molecule has 8 heteroatoms. The summed E-state index contributed by atoms with van der Waals surface area (Å²) in [6.45, 7) is 0.834. The predicted molar refractivity (Wildman–Crippen MR) is 99.7 cm³/mol. The van der Waals surface area contributed by atoms with E-state index in [-0.39, 0.29) is 54.8 Å². The lowest BCUT2D eigenvalue weighted by Crippen LogP contribution is -2.34. The lowest BCUT2D eigenvalue weighted by atomic mass is 9.86. The Balaban J connectivity index is 1.52. The van der Waals surface area contributed by atoms with Crippen molar-refractivity contribution in [2.24, 2.45) is 5.92 Å². The molecule has 1 saturated carbocycles. The van der Waals surface area contributed by atoms with E-state index in [2.05, 4.69) is 10.6 Å². The third-order valence-corrected chi connectivity index (χ3v) is 5.49. The fraction of sp³-hybridized carbons (Fsp3) is 0.526. The summed E-state index contributed by atoms with van der Waals surface area (Å²) < 4.78 is 25.0. The minimum atomic E-state index is -1.61. The number of ketones is 1. The fourth-order valence-electron chi connectivity index (χ4n) is 2.97. The van der Waals surface area contributed by atoms with Gasteiger partial charge in [-0.25, -0.2) is 0 Å². The number of halogens is 2. The summed E-state index contributed by atoms with van der Waals surface area (Å²) in [6.07, 6.45) is 0.754. The van der Waals surface area contributed by atoms with E-state index in [0.29, 0.717) is 37.2 Å². The van der Waals surface area contributed by atoms with E-state index in [1.165, 1.54) is 11.3 Å². The molecule has 0 radical (unpaired) electrons. The second-order valence-corrected chi connectivity index (χ2v) is 7.48. The van der Waals surface area contributed by atoms with Crippen LogP contribution in [0.4, 0.5) is 8.78 Å². The second-order valence-electron chi connectivity index (χ2n) is 6.53. The zero-order valence-corrected chi connectivity index (χ0v) is 15.9. The Morgan fingerprint density at radius 2 is 1.78 bits per heavy atom. The number of allylic oxidation sites excluding steroid dienone is 1. The van der Waals surface area contributed by atoms with Crippen molar-refractivity contribution < 1.29 is 23.2 Å². The molecule has 5 nitrogen and oxygen atoms in total. The molecule has 0 atom stereocenters. The lowest BCUT2D eigenvalue weighted by Gasteiger charge is -2.22. The van der Waals surface area contributed by atoms with Crippen LogP contribution in [0.1, 0.15) is 54.6 Å². The largest absolute Gasteiger partial charge is 0.356 e. The van der Waals surface area contributed by atoms with Gasteiger partial charge in [0.05, 0.1) is 4.88 Å². The molecular weight excluding hydrogens is 374 g/mol. The zero-order valence-electron chi connectivity index (χ0n) is 15.1. The highest BCUT2D eigenvalue weighted by atomic mass is 32.1. The summed E-state index contributed by atoms with van der Waals surface area (Å²) in [5, 5.41) is 7.34. The van der Waals surface area contributed by atoms with Crippen LogP contribution in [0, 0.1) is 5.92 Å². The third kappa shape index (κ3) is 7.21. The molecule has 0 aliphatic heterocycles. The SMILES string of the molecule is O=C(CCC(=O)c1cccs1)NCCCNC(=O)C1CCC(=C(F)F)CC1. The van der Waals surface area contributed by atoms with Crippen molar-refractivity contribution in [3.63, 3.8) is 0 Å². The molecule has 1 aliphatic rings. The quantitative estimate of drug-likeness (QED) is 0.492. The van der Waals surface area contributed by atoms with Crippen molar-refractivity contribution in [3.05, 3.63) is 34.0 Å². The topological polar surface area (TPSA) is 75.3 Å². The Bertz CT molecular complexity index is 675. The zero-order chi connectivity index (χ0) is 19.6. The summed E-state index contributed by atoms with van der Waals surface area (Å²) in [6, 6.07) is 3.54. The average molecular weight is 398 g/mol. The van der Waals surface area contributed by atoms with Crippen molar-refractivity contribution in [2.45, 2.75) is 44.9 Å². The highest BCUT2D eigenvalue weighted by molar-refractivity contribution is 7.12. The molecule has 1 heterocycles. The average Bonchev–Trinajstić information content (AvgIpc) is 3.20. The van der Waals surface area contributed by atoms with Crippen molar-refractivity contribution in [3.8, 4) is 0 Å². The van der Waals surface area contributed by atoms with Crippen LogP contribution in [0.25, 0.3) is 0 Å². The van der Waals surface area contributed by atoms with Crippen LogP contribution in [-0.4, -0.2) is 30.7 Å². The van der Waals surface area contributed by atoms with E-state index in [0.717, 1.165) is 0 Å². The van der Waals surface area contributed by atoms with Crippen LogP contribution in [-0.2, 0) is 9.59 Å². The maximum absolute atomic E-state index is 12.5. The van der Waals surface area contributed by atoms with Gasteiger partial charge >= 0.3 is 0 Å². The smallest absolute Gasteiger partial charge is 0.269 e. The van der Waals surface area contributed by atoms with Crippen molar-refractivity contribution >= 4 is 28.9 Å². The molecule has 0 spiro atoms. The van der Waals surface area contributed by atoms with Gasteiger partial charge in [0.15, 0.2) is 5.78 Å². The molecule has 1 fully saturated rings. The summed E-state index contributed by atoms with van der Waals surface area (Å²) in [5.74, 6) is -0.552. The number of carbonyl (C=O) groups excluding carboxylic acids is 3. The van der Waals surface area contributed by atoms with Gasteiger partial charge < -0.3 is 10.6 Å². The predicted octanol–water partition coefficient (Wildman–Crippen LogP) is 3.67. The van der Waals surface area contributed by atoms with Gasteiger partial charge in [-0.05, 0) is 49.1 Å². The van der Waals surface area contributed by atoms with Gasteiger partial charge in [0.2, 0.25) is 11.8 Å². The summed E-state index contributed by atoms with van der Waals surface area (Å²) >= 11 is 1.36. The standard InChI is InChI=1S/C19H24F2N2O3S/c20-18(21)13-4-6-14(7-5-13)19(26)23-11-2-10-22-17(25)9-8-15(24)16-3-1-12-27-16/h1,3,12,14H,2,4-11H2,(H,22,25)(H,23,26). The summed E-state index contributed by atoms with van der Waals surface area (Å²) in [7, 11) is 0. The highest BCUT2D eigenvalue weighted by Crippen LogP contribution is 2.31. The number of Topliss-reactive ketones (excluding diaryl/α,β-unsaturated/α-hetero) is 1. The molecular formula is C19H24F2N2O3S. The van der Waals surface area contributed by atoms with Crippen LogP contribution in [0.5, 0.6) is 0 Å².